The Morgan fingerprint density at radius 3 is 2.72 bits per heavy atom. The van der Waals surface area contributed by atoms with Crippen LogP contribution in [0.15, 0.2) is 65.8 Å². The molecule has 0 spiro atoms. The van der Waals surface area contributed by atoms with Crippen molar-refractivity contribution in [2.75, 3.05) is 6.79 Å². The first-order chi connectivity index (χ1) is 12.2. The number of ether oxygens (including phenoxy) is 2. The van der Waals surface area contributed by atoms with E-state index in [1.54, 1.807) is 6.07 Å². The third-order valence-corrected chi connectivity index (χ3v) is 4.15. The van der Waals surface area contributed by atoms with Gasteiger partial charge in [0.1, 0.15) is 0 Å². The molecule has 3 aromatic rings. The summed E-state index contributed by atoms with van der Waals surface area (Å²) < 4.78 is 10.7. The van der Waals surface area contributed by atoms with Gasteiger partial charge in [0.05, 0.1) is 5.71 Å². The van der Waals surface area contributed by atoms with Gasteiger partial charge in [-0.3, -0.25) is 4.79 Å². The van der Waals surface area contributed by atoms with Crippen molar-refractivity contribution in [3.63, 3.8) is 0 Å². The van der Waals surface area contributed by atoms with Gasteiger partial charge in [-0.05, 0) is 42.0 Å². The van der Waals surface area contributed by atoms with Crippen molar-refractivity contribution in [3.8, 4) is 11.5 Å². The zero-order chi connectivity index (χ0) is 17.2. The van der Waals surface area contributed by atoms with Crippen molar-refractivity contribution >= 4 is 22.4 Å². The number of carbonyl (C=O) groups is 1. The van der Waals surface area contributed by atoms with Crippen molar-refractivity contribution in [2.45, 2.75) is 6.92 Å². The third kappa shape index (κ3) is 2.92. The summed E-state index contributed by atoms with van der Waals surface area (Å²) in [6, 6.07) is 19.0. The monoisotopic (exact) mass is 332 g/mol. The fourth-order valence-corrected chi connectivity index (χ4v) is 2.80. The van der Waals surface area contributed by atoms with Gasteiger partial charge in [-0.1, -0.05) is 36.4 Å². The van der Waals surface area contributed by atoms with Gasteiger partial charge in [0.15, 0.2) is 11.5 Å². The van der Waals surface area contributed by atoms with Crippen LogP contribution < -0.4 is 14.9 Å². The summed E-state index contributed by atoms with van der Waals surface area (Å²) in [4.78, 5) is 12.5. The van der Waals surface area contributed by atoms with Crippen LogP contribution in [0, 0.1) is 0 Å². The number of nitrogens with zero attached hydrogens (tertiary/aromatic N) is 1. The Hall–Kier alpha value is -3.34. The molecule has 0 aliphatic carbocycles. The lowest BCUT2D eigenvalue weighted by Gasteiger charge is -2.06. The standard InChI is InChI=1S/C20H16N2O3/c1-13(15-9-10-18-19(11-15)25-12-24-18)21-22-20(23)17-8-4-6-14-5-2-3-7-16(14)17/h2-11H,12H2,1H3,(H,22,23)/b21-13+. The van der Waals surface area contributed by atoms with Crippen molar-refractivity contribution < 1.29 is 14.3 Å². The van der Waals surface area contributed by atoms with Gasteiger partial charge in [-0.15, -0.1) is 0 Å². The molecular formula is C20H16N2O3. The second kappa shape index (κ2) is 6.28. The van der Waals surface area contributed by atoms with E-state index in [9.17, 15) is 4.79 Å². The smallest absolute Gasteiger partial charge is 0.272 e. The molecule has 0 atom stereocenters. The van der Waals surface area contributed by atoms with Crippen LogP contribution in [-0.2, 0) is 0 Å². The average Bonchev–Trinajstić information content (AvgIpc) is 3.13. The van der Waals surface area contributed by atoms with E-state index in [1.165, 1.54) is 0 Å². The largest absolute Gasteiger partial charge is 0.454 e. The van der Waals surface area contributed by atoms with Crippen LogP contribution in [0.25, 0.3) is 10.8 Å². The Morgan fingerprint density at radius 1 is 1.00 bits per heavy atom. The first-order valence-corrected chi connectivity index (χ1v) is 7.95. The molecule has 3 aromatic carbocycles. The highest BCUT2D eigenvalue weighted by atomic mass is 16.7. The van der Waals surface area contributed by atoms with Crippen LogP contribution >= 0.6 is 0 Å². The minimum absolute atomic E-state index is 0.229. The van der Waals surface area contributed by atoms with E-state index in [0.717, 1.165) is 22.1 Å². The van der Waals surface area contributed by atoms with Crippen LogP contribution in [0.1, 0.15) is 22.8 Å². The van der Waals surface area contributed by atoms with Gasteiger partial charge in [0.2, 0.25) is 6.79 Å². The molecule has 1 heterocycles. The topological polar surface area (TPSA) is 59.9 Å². The summed E-state index contributed by atoms with van der Waals surface area (Å²) in [6.07, 6.45) is 0. The minimum atomic E-state index is -0.239. The van der Waals surface area contributed by atoms with Crippen LogP contribution in [0.5, 0.6) is 11.5 Å². The zero-order valence-electron chi connectivity index (χ0n) is 13.7. The van der Waals surface area contributed by atoms with Crippen molar-refractivity contribution in [2.24, 2.45) is 5.10 Å². The van der Waals surface area contributed by atoms with E-state index >= 15 is 0 Å². The Morgan fingerprint density at radius 2 is 1.80 bits per heavy atom. The zero-order valence-corrected chi connectivity index (χ0v) is 13.7. The number of fused-ring (bicyclic) bond motifs is 2. The highest BCUT2D eigenvalue weighted by Gasteiger charge is 2.14. The highest BCUT2D eigenvalue weighted by molar-refractivity contribution is 6.08. The molecule has 0 unspecified atom stereocenters. The number of hydrogen-bond donors (Lipinski definition) is 1. The van der Waals surface area contributed by atoms with E-state index < -0.39 is 0 Å². The molecule has 4 rings (SSSR count). The molecule has 1 amide bonds. The van der Waals surface area contributed by atoms with Crippen LogP contribution in [0.3, 0.4) is 0 Å². The normalized spacial score (nSPS) is 13.1. The lowest BCUT2D eigenvalue weighted by molar-refractivity contribution is 0.0956. The SMILES string of the molecule is C/C(=N\NC(=O)c1cccc2ccccc12)c1ccc2c(c1)OCO2. The van der Waals surface area contributed by atoms with E-state index in [1.807, 2.05) is 61.5 Å². The Balaban J connectivity index is 1.57. The molecular weight excluding hydrogens is 316 g/mol. The lowest BCUT2D eigenvalue weighted by Crippen LogP contribution is -2.19. The molecule has 5 heteroatoms. The van der Waals surface area contributed by atoms with Crippen molar-refractivity contribution in [1.82, 2.24) is 5.43 Å². The average molecular weight is 332 g/mol. The van der Waals surface area contributed by atoms with Crippen LogP contribution in [-0.4, -0.2) is 18.4 Å². The van der Waals surface area contributed by atoms with Gasteiger partial charge in [-0.25, -0.2) is 5.43 Å². The Labute approximate surface area is 144 Å². The van der Waals surface area contributed by atoms with Gasteiger partial charge < -0.3 is 9.47 Å². The van der Waals surface area contributed by atoms with E-state index in [0.29, 0.717) is 17.0 Å². The quantitative estimate of drug-likeness (QED) is 0.587. The molecule has 1 aliphatic rings. The second-order valence-corrected chi connectivity index (χ2v) is 5.73. The molecule has 0 bridgehead atoms. The van der Waals surface area contributed by atoms with Gasteiger partial charge >= 0.3 is 0 Å². The number of hydrogen-bond acceptors (Lipinski definition) is 4. The summed E-state index contributed by atoms with van der Waals surface area (Å²) in [5, 5.41) is 6.15. The molecule has 124 valence electrons. The minimum Gasteiger partial charge on any atom is -0.454 e. The van der Waals surface area contributed by atoms with Crippen molar-refractivity contribution in [1.29, 1.82) is 0 Å². The molecule has 0 aromatic heterocycles. The number of benzene rings is 3. The second-order valence-electron chi connectivity index (χ2n) is 5.73. The fourth-order valence-electron chi connectivity index (χ4n) is 2.80. The highest BCUT2D eigenvalue weighted by Crippen LogP contribution is 2.32. The fraction of sp³-hybridized carbons (Fsp3) is 0.100. The molecule has 25 heavy (non-hydrogen) atoms. The lowest BCUT2D eigenvalue weighted by atomic mass is 10.0. The molecule has 0 saturated heterocycles. The molecule has 0 saturated carbocycles. The summed E-state index contributed by atoms with van der Waals surface area (Å²) in [5.41, 5.74) is 4.78. The molecule has 1 N–H and O–H groups in total. The predicted octanol–water partition coefficient (Wildman–Crippen LogP) is 3.72. The number of carbonyl (C=O) groups excluding carboxylic acids is 1. The number of nitrogens with one attached hydrogen (secondary N) is 1. The maximum atomic E-state index is 12.5. The summed E-state index contributed by atoms with van der Waals surface area (Å²) in [7, 11) is 0. The van der Waals surface area contributed by atoms with Crippen LogP contribution in [0.2, 0.25) is 0 Å². The molecule has 0 fully saturated rings. The Kier molecular flexibility index (Phi) is 3.82. The summed E-state index contributed by atoms with van der Waals surface area (Å²) in [5.74, 6) is 1.17. The van der Waals surface area contributed by atoms with E-state index in [-0.39, 0.29) is 12.7 Å². The predicted molar refractivity (Wildman–Crippen MR) is 96.2 cm³/mol. The van der Waals surface area contributed by atoms with Gasteiger partial charge in [-0.2, -0.15) is 5.10 Å². The molecule has 0 radical (unpaired) electrons. The maximum absolute atomic E-state index is 12.5. The van der Waals surface area contributed by atoms with Gasteiger partial charge in [0, 0.05) is 11.1 Å². The summed E-state index contributed by atoms with van der Waals surface area (Å²) in [6.45, 7) is 2.06. The summed E-state index contributed by atoms with van der Waals surface area (Å²) >= 11 is 0. The van der Waals surface area contributed by atoms with Crippen molar-refractivity contribution in [3.05, 3.63) is 71.8 Å². The van der Waals surface area contributed by atoms with Gasteiger partial charge in [0.25, 0.3) is 5.91 Å². The number of rotatable bonds is 3. The molecule has 1 aliphatic heterocycles. The third-order valence-electron chi connectivity index (χ3n) is 4.15. The molecule has 5 nitrogen and oxygen atoms in total. The first-order valence-electron chi connectivity index (χ1n) is 7.95. The van der Waals surface area contributed by atoms with E-state index in [4.69, 9.17) is 9.47 Å². The van der Waals surface area contributed by atoms with Crippen LogP contribution in [0.4, 0.5) is 0 Å². The Bertz CT molecular complexity index is 990. The first kappa shape index (κ1) is 15.2. The number of hydrazone groups is 1. The maximum Gasteiger partial charge on any atom is 0.272 e. The van der Waals surface area contributed by atoms with E-state index in [2.05, 4.69) is 10.5 Å². The number of amides is 1.